The minimum Gasteiger partial charge on any atom is -0.339 e. The minimum absolute atomic E-state index is 0.554. The average molecular weight is 237 g/mol. The lowest BCUT2D eigenvalue weighted by molar-refractivity contribution is -0.123. The Morgan fingerprint density at radius 3 is 1.29 bits per heavy atom. The lowest BCUT2D eigenvalue weighted by atomic mass is 10.0. The highest BCUT2D eigenvalue weighted by Crippen LogP contribution is 2.27. The number of amides is 1. The van der Waals surface area contributed by atoms with Crippen LogP contribution in [0.1, 0.15) is 77.0 Å². The summed E-state index contributed by atoms with van der Waals surface area (Å²) in [5.41, 5.74) is 0. The molecule has 98 valence electrons. The topological polar surface area (TPSA) is 20.3 Å². The lowest BCUT2D eigenvalue weighted by Crippen LogP contribution is -2.42. The second kappa shape index (κ2) is 7.03. The van der Waals surface area contributed by atoms with Crippen molar-refractivity contribution in [3.05, 3.63) is 0 Å². The molecular weight excluding hydrogens is 210 g/mol. The lowest BCUT2D eigenvalue weighted by Gasteiger charge is -2.34. The number of nitrogens with zero attached hydrogens (tertiary/aromatic N) is 1. The Bertz CT molecular complexity index is 193. The standard InChI is InChI=1S/C15H27NO/c17-13-16(14-9-5-1-2-6-10-14)15-11-7-3-4-8-12-15/h13-15H,1-12H2. The van der Waals surface area contributed by atoms with E-state index in [0.29, 0.717) is 12.1 Å². The predicted octanol–water partition coefficient (Wildman–Crippen LogP) is 3.89. The second-order valence-corrected chi connectivity index (χ2v) is 5.84. The molecule has 0 unspecified atom stereocenters. The van der Waals surface area contributed by atoms with E-state index in [1.165, 1.54) is 77.0 Å². The second-order valence-electron chi connectivity index (χ2n) is 5.84. The van der Waals surface area contributed by atoms with E-state index in [0.717, 1.165) is 6.41 Å². The summed E-state index contributed by atoms with van der Waals surface area (Å²) in [7, 11) is 0. The van der Waals surface area contributed by atoms with Gasteiger partial charge in [0.1, 0.15) is 0 Å². The normalized spacial score (nSPS) is 24.9. The van der Waals surface area contributed by atoms with Gasteiger partial charge in [-0.15, -0.1) is 0 Å². The molecule has 0 saturated heterocycles. The van der Waals surface area contributed by atoms with Crippen LogP contribution in [0.5, 0.6) is 0 Å². The molecule has 2 aliphatic rings. The van der Waals surface area contributed by atoms with E-state index < -0.39 is 0 Å². The number of hydrogen-bond donors (Lipinski definition) is 0. The molecule has 1 amide bonds. The van der Waals surface area contributed by atoms with Crippen LogP contribution in [0.15, 0.2) is 0 Å². The first-order chi connectivity index (χ1) is 8.42. The largest absolute Gasteiger partial charge is 0.339 e. The maximum absolute atomic E-state index is 11.5. The van der Waals surface area contributed by atoms with Crippen molar-refractivity contribution < 1.29 is 4.79 Å². The zero-order valence-corrected chi connectivity index (χ0v) is 11.1. The van der Waals surface area contributed by atoms with Crippen molar-refractivity contribution in [2.75, 3.05) is 0 Å². The van der Waals surface area contributed by atoms with Gasteiger partial charge < -0.3 is 4.90 Å². The molecule has 2 nitrogen and oxygen atoms in total. The molecule has 0 atom stereocenters. The SMILES string of the molecule is O=CN(C1CCCCCC1)C1CCCCCC1. The fourth-order valence-electron chi connectivity index (χ4n) is 3.58. The Morgan fingerprint density at radius 1 is 0.647 bits per heavy atom. The van der Waals surface area contributed by atoms with Crippen LogP contribution in [-0.2, 0) is 4.79 Å². The zero-order chi connectivity index (χ0) is 11.9. The van der Waals surface area contributed by atoms with Crippen molar-refractivity contribution in [2.24, 2.45) is 0 Å². The number of hydrogen-bond acceptors (Lipinski definition) is 1. The van der Waals surface area contributed by atoms with Gasteiger partial charge in [-0.1, -0.05) is 51.4 Å². The fraction of sp³-hybridized carbons (Fsp3) is 0.933. The first-order valence-corrected chi connectivity index (χ1v) is 7.64. The van der Waals surface area contributed by atoms with E-state index in [4.69, 9.17) is 0 Å². The smallest absolute Gasteiger partial charge is 0.210 e. The molecule has 0 spiro atoms. The minimum atomic E-state index is 0.554. The summed E-state index contributed by atoms with van der Waals surface area (Å²) in [5, 5.41) is 0. The Labute approximate surface area is 106 Å². The molecule has 2 rings (SSSR count). The molecule has 0 aliphatic heterocycles. The van der Waals surface area contributed by atoms with Crippen LogP contribution in [0, 0.1) is 0 Å². The van der Waals surface area contributed by atoms with Crippen molar-refractivity contribution >= 4 is 6.41 Å². The number of rotatable bonds is 3. The summed E-state index contributed by atoms with van der Waals surface area (Å²) < 4.78 is 0. The molecule has 0 radical (unpaired) electrons. The molecule has 0 aromatic heterocycles. The summed E-state index contributed by atoms with van der Waals surface area (Å²) in [6.45, 7) is 0. The highest BCUT2D eigenvalue weighted by Gasteiger charge is 2.26. The van der Waals surface area contributed by atoms with Crippen LogP contribution < -0.4 is 0 Å². The van der Waals surface area contributed by atoms with Gasteiger partial charge in [-0.05, 0) is 25.7 Å². The van der Waals surface area contributed by atoms with Crippen molar-refractivity contribution in [2.45, 2.75) is 89.1 Å². The molecule has 0 bridgehead atoms. The quantitative estimate of drug-likeness (QED) is 0.538. The third-order valence-electron chi connectivity index (χ3n) is 4.61. The summed E-state index contributed by atoms with van der Waals surface area (Å²) in [6.07, 6.45) is 16.9. The molecule has 0 heterocycles. The van der Waals surface area contributed by atoms with Gasteiger partial charge in [-0.2, -0.15) is 0 Å². The fourth-order valence-corrected chi connectivity index (χ4v) is 3.58. The van der Waals surface area contributed by atoms with E-state index in [1.807, 2.05) is 0 Å². The summed E-state index contributed by atoms with van der Waals surface area (Å²) in [6, 6.07) is 1.11. The maximum atomic E-state index is 11.5. The molecule has 2 aliphatic carbocycles. The van der Waals surface area contributed by atoms with Crippen molar-refractivity contribution in [1.82, 2.24) is 4.90 Å². The molecule has 2 saturated carbocycles. The average Bonchev–Trinajstić information content (AvgIpc) is 2.75. The Balaban J connectivity index is 1.94. The van der Waals surface area contributed by atoms with Crippen LogP contribution >= 0.6 is 0 Å². The van der Waals surface area contributed by atoms with Gasteiger partial charge in [0.25, 0.3) is 0 Å². The Morgan fingerprint density at radius 2 is 1.00 bits per heavy atom. The first kappa shape index (κ1) is 12.9. The van der Waals surface area contributed by atoms with E-state index in [-0.39, 0.29) is 0 Å². The van der Waals surface area contributed by atoms with Gasteiger partial charge in [0.2, 0.25) is 6.41 Å². The van der Waals surface area contributed by atoms with Gasteiger partial charge in [-0.25, -0.2) is 0 Å². The monoisotopic (exact) mass is 237 g/mol. The molecule has 17 heavy (non-hydrogen) atoms. The number of carbonyl (C=O) groups excluding carboxylic acids is 1. The summed E-state index contributed by atoms with van der Waals surface area (Å²) >= 11 is 0. The zero-order valence-electron chi connectivity index (χ0n) is 11.1. The van der Waals surface area contributed by atoms with Crippen LogP contribution in [0.25, 0.3) is 0 Å². The summed E-state index contributed by atoms with van der Waals surface area (Å²) in [4.78, 5) is 13.7. The van der Waals surface area contributed by atoms with Gasteiger partial charge >= 0.3 is 0 Å². The molecule has 0 N–H and O–H groups in total. The van der Waals surface area contributed by atoms with Crippen LogP contribution in [0.2, 0.25) is 0 Å². The maximum Gasteiger partial charge on any atom is 0.210 e. The van der Waals surface area contributed by atoms with E-state index in [2.05, 4.69) is 4.90 Å². The molecule has 2 fully saturated rings. The van der Waals surface area contributed by atoms with E-state index >= 15 is 0 Å². The van der Waals surface area contributed by atoms with Gasteiger partial charge in [0.05, 0.1) is 0 Å². The molecule has 0 aromatic carbocycles. The molecule has 2 heteroatoms. The number of carbonyl (C=O) groups is 1. The third-order valence-corrected chi connectivity index (χ3v) is 4.61. The highest BCUT2D eigenvalue weighted by atomic mass is 16.1. The predicted molar refractivity (Wildman–Crippen MR) is 70.9 cm³/mol. The molecular formula is C15H27NO. The van der Waals surface area contributed by atoms with Gasteiger partial charge in [0.15, 0.2) is 0 Å². The van der Waals surface area contributed by atoms with Crippen molar-refractivity contribution in [3.63, 3.8) is 0 Å². The van der Waals surface area contributed by atoms with Crippen molar-refractivity contribution in [3.8, 4) is 0 Å². The Hall–Kier alpha value is -0.530. The third kappa shape index (κ3) is 3.72. The first-order valence-electron chi connectivity index (χ1n) is 7.64. The van der Waals surface area contributed by atoms with Gasteiger partial charge in [0, 0.05) is 12.1 Å². The highest BCUT2D eigenvalue weighted by molar-refractivity contribution is 5.48. The van der Waals surface area contributed by atoms with Crippen LogP contribution in [0.4, 0.5) is 0 Å². The summed E-state index contributed by atoms with van der Waals surface area (Å²) in [5.74, 6) is 0. The van der Waals surface area contributed by atoms with E-state index in [9.17, 15) is 4.79 Å². The Kier molecular flexibility index (Phi) is 5.34. The van der Waals surface area contributed by atoms with E-state index in [1.54, 1.807) is 0 Å². The van der Waals surface area contributed by atoms with Crippen LogP contribution in [-0.4, -0.2) is 23.4 Å². The molecule has 0 aromatic rings. The van der Waals surface area contributed by atoms with Crippen LogP contribution in [0.3, 0.4) is 0 Å². The van der Waals surface area contributed by atoms with Gasteiger partial charge in [-0.3, -0.25) is 4.79 Å². The van der Waals surface area contributed by atoms with Crippen molar-refractivity contribution in [1.29, 1.82) is 0 Å².